The molecule has 0 aliphatic carbocycles. The van der Waals surface area contributed by atoms with Crippen molar-refractivity contribution in [3.63, 3.8) is 0 Å². The van der Waals surface area contributed by atoms with E-state index in [-0.39, 0.29) is 5.91 Å². The molecule has 2 heterocycles. The van der Waals surface area contributed by atoms with Crippen molar-refractivity contribution in [2.75, 3.05) is 19.5 Å². The maximum absolute atomic E-state index is 13.0. The summed E-state index contributed by atoms with van der Waals surface area (Å²) in [5.74, 6) is 0.0177. The predicted octanol–water partition coefficient (Wildman–Crippen LogP) is 3.40. The number of anilines is 1. The summed E-state index contributed by atoms with van der Waals surface area (Å²) in [6, 6.07) is 14.8. The number of halogens is 1. The van der Waals surface area contributed by atoms with Crippen molar-refractivity contribution in [2.24, 2.45) is 0 Å². The van der Waals surface area contributed by atoms with Crippen LogP contribution in [0.5, 0.6) is 0 Å². The number of fused-ring (bicyclic) bond motifs is 2. The standard InChI is InChI=1S/C21H20ClN5O2/c1-29-11-10-27-19(23)17(21(28)24-12-13-6-8-14(22)9-7-13)18-20(27)26-16-5-3-2-4-15(16)25-18/h2-9H,10-12,23H2,1H3,(H,24,28). The first-order valence-corrected chi connectivity index (χ1v) is 9.52. The summed E-state index contributed by atoms with van der Waals surface area (Å²) >= 11 is 5.92. The lowest BCUT2D eigenvalue weighted by molar-refractivity contribution is 0.0953. The Kier molecular flexibility index (Phi) is 5.33. The smallest absolute Gasteiger partial charge is 0.257 e. The molecule has 0 saturated heterocycles. The molecule has 3 N–H and O–H groups in total. The van der Waals surface area contributed by atoms with Gasteiger partial charge in [0.1, 0.15) is 16.9 Å². The van der Waals surface area contributed by atoms with Crippen LogP contribution in [0.15, 0.2) is 48.5 Å². The van der Waals surface area contributed by atoms with Crippen LogP contribution in [0, 0.1) is 0 Å². The molecule has 2 aromatic heterocycles. The van der Waals surface area contributed by atoms with Gasteiger partial charge in [-0.05, 0) is 29.8 Å². The summed E-state index contributed by atoms with van der Waals surface area (Å²) in [4.78, 5) is 22.4. The van der Waals surface area contributed by atoms with E-state index in [1.54, 1.807) is 23.8 Å². The van der Waals surface area contributed by atoms with E-state index in [1.165, 1.54) is 0 Å². The second-order valence-corrected chi connectivity index (χ2v) is 7.03. The number of nitrogen functional groups attached to an aromatic ring is 1. The SMILES string of the molecule is COCCn1c(N)c(C(=O)NCc2ccc(Cl)cc2)c2nc3ccccc3nc21. The average Bonchev–Trinajstić information content (AvgIpc) is 3.00. The van der Waals surface area contributed by atoms with Crippen molar-refractivity contribution in [3.8, 4) is 0 Å². The Morgan fingerprint density at radius 3 is 2.52 bits per heavy atom. The summed E-state index contributed by atoms with van der Waals surface area (Å²) < 4.78 is 6.96. The number of rotatable bonds is 6. The van der Waals surface area contributed by atoms with Gasteiger partial charge in [0.2, 0.25) is 0 Å². The van der Waals surface area contributed by atoms with E-state index in [0.29, 0.717) is 52.8 Å². The minimum atomic E-state index is -0.303. The van der Waals surface area contributed by atoms with Crippen molar-refractivity contribution >= 4 is 45.5 Å². The Labute approximate surface area is 172 Å². The molecule has 8 heteroatoms. The van der Waals surface area contributed by atoms with E-state index >= 15 is 0 Å². The van der Waals surface area contributed by atoms with Gasteiger partial charge in [-0.15, -0.1) is 0 Å². The highest BCUT2D eigenvalue weighted by atomic mass is 35.5. The van der Waals surface area contributed by atoms with Gasteiger partial charge in [-0.3, -0.25) is 4.79 Å². The van der Waals surface area contributed by atoms with Crippen LogP contribution >= 0.6 is 11.6 Å². The Morgan fingerprint density at radius 2 is 1.83 bits per heavy atom. The summed E-state index contributed by atoms with van der Waals surface area (Å²) in [5.41, 5.74) is 10.1. The molecule has 4 rings (SSSR count). The summed E-state index contributed by atoms with van der Waals surface area (Å²) in [7, 11) is 1.61. The minimum absolute atomic E-state index is 0.303. The van der Waals surface area contributed by atoms with Crippen molar-refractivity contribution in [2.45, 2.75) is 13.1 Å². The normalized spacial score (nSPS) is 11.2. The lowest BCUT2D eigenvalue weighted by atomic mass is 10.2. The fourth-order valence-electron chi connectivity index (χ4n) is 3.22. The second kappa shape index (κ2) is 8.06. The van der Waals surface area contributed by atoms with Crippen molar-refractivity contribution in [1.82, 2.24) is 19.9 Å². The molecule has 2 aromatic carbocycles. The maximum atomic E-state index is 13.0. The molecule has 0 atom stereocenters. The van der Waals surface area contributed by atoms with E-state index in [2.05, 4.69) is 10.3 Å². The Hall–Kier alpha value is -3.16. The van der Waals surface area contributed by atoms with Gasteiger partial charge in [-0.25, -0.2) is 9.97 Å². The Balaban J connectivity index is 1.75. The minimum Gasteiger partial charge on any atom is -0.384 e. The van der Waals surface area contributed by atoms with Crippen molar-refractivity contribution in [3.05, 3.63) is 64.7 Å². The van der Waals surface area contributed by atoms with E-state index < -0.39 is 0 Å². The molecule has 0 aliphatic heterocycles. The molecular weight excluding hydrogens is 390 g/mol. The summed E-state index contributed by atoms with van der Waals surface area (Å²) in [6.45, 7) is 1.26. The molecule has 0 spiro atoms. The number of ether oxygens (including phenoxy) is 1. The molecule has 0 saturated carbocycles. The molecule has 0 aliphatic rings. The van der Waals surface area contributed by atoms with E-state index in [0.717, 1.165) is 11.1 Å². The molecule has 1 amide bonds. The zero-order valence-electron chi connectivity index (χ0n) is 15.9. The number of nitrogens with two attached hydrogens (primary N) is 1. The van der Waals surface area contributed by atoms with Crippen LogP contribution in [0.3, 0.4) is 0 Å². The predicted molar refractivity (Wildman–Crippen MR) is 114 cm³/mol. The highest BCUT2D eigenvalue weighted by molar-refractivity contribution is 6.30. The number of nitrogens with one attached hydrogen (secondary N) is 1. The van der Waals surface area contributed by atoms with Crippen LogP contribution in [0.25, 0.3) is 22.2 Å². The summed E-state index contributed by atoms with van der Waals surface area (Å²) in [6.07, 6.45) is 0. The van der Waals surface area contributed by atoms with Gasteiger partial charge in [0.15, 0.2) is 5.65 Å². The maximum Gasteiger partial charge on any atom is 0.257 e. The van der Waals surface area contributed by atoms with Crippen LogP contribution in [-0.2, 0) is 17.8 Å². The number of nitrogens with zero attached hydrogens (tertiary/aromatic N) is 3. The van der Waals surface area contributed by atoms with Crippen LogP contribution in [0.2, 0.25) is 5.02 Å². The third-order valence-electron chi connectivity index (χ3n) is 4.70. The van der Waals surface area contributed by atoms with Gasteiger partial charge < -0.3 is 20.4 Å². The zero-order chi connectivity index (χ0) is 20.4. The number of carbonyl (C=O) groups is 1. The van der Waals surface area contributed by atoms with Crippen molar-refractivity contribution < 1.29 is 9.53 Å². The van der Waals surface area contributed by atoms with Gasteiger partial charge in [0.05, 0.1) is 17.6 Å². The monoisotopic (exact) mass is 409 g/mol. The molecule has 0 unspecified atom stereocenters. The highest BCUT2D eigenvalue weighted by Crippen LogP contribution is 2.27. The highest BCUT2D eigenvalue weighted by Gasteiger charge is 2.23. The number of aromatic nitrogens is 3. The van der Waals surface area contributed by atoms with Gasteiger partial charge in [0, 0.05) is 25.2 Å². The molecule has 0 fully saturated rings. The second-order valence-electron chi connectivity index (χ2n) is 6.60. The number of hydrogen-bond donors (Lipinski definition) is 2. The number of hydrogen-bond acceptors (Lipinski definition) is 5. The number of amides is 1. The first-order valence-electron chi connectivity index (χ1n) is 9.14. The molecule has 148 valence electrons. The van der Waals surface area contributed by atoms with Crippen LogP contribution in [0.1, 0.15) is 15.9 Å². The first-order chi connectivity index (χ1) is 14.1. The molecule has 4 aromatic rings. The van der Waals surface area contributed by atoms with E-state index in [9.17, 15) is 4.79 Å². The topological polar surface area (TPSA) is 95.1 Å². The summed E-state index contributed by atoms with van der Waals surface area (Å²) in [5, 5.41) is 3.56. The fraction of sp³-hybridized carbons (Fsp3) is 0.190. The van der Waals surface area contributed by atoms with Gasteiger partial charge in [-0.2, -0.15) is 0 Å². The molecule has 29 heavy (non-hydrogen) atoms. The average molecular weight is 410 g/mol. The quantitative estimate of drug-likeness (QED) is 0.509. The lowest BCUT2D eigenvalue weighted by Crippen LogP contribution is -2.24. The van der Waals surface area contributed by atoms with E-state index in [4.69, 9.17) is 27.1 Å². The number of methoxy groups -OCH3 is 1. The third-order valence-corrected chi connectivity index (χ3v) is 4.96. The zero-order valence-corrected chi connectivity index (χ0v) is 16.6. The first kappa shape index (κ1) is 19.2. The van der Waals surface area contributed by atoms with Crippen molar-refractivity contribution in [1.29, 1.82) is 0 Å². The van der Waals surface area contributed by atoms with Gasteiger partial charge >= 0.3 is 0 Å². The fourth-order valence-corrected chi connectivity index (χ4v) is 3.35. The molecule has 0 radical (unpaired) electrons. The number of para-hydroxylation sites is 2. The Morgan fingerprint density at radius 1 is 1.14 bits per heavy atom. The molecular formula is C21H20ClN5O2. The van der Waals surface area contributed by atoms with Crippen LogP contribution in [-0.4, -0.2) is 34.2 Å². The van der Waals surface area contributed by atoms with Crippen LogP contribution < -0.4 is 11.1 Å². The van der Waals surface area contributed by atoms with E-state index in [1.807, 2.05) is 36.4 Å². The number of benzene rings is 2. The van der Waals surface area contributed by atoms with Gasteiger partial charge in [-0.1, -0.05) is 35.9 Å². The third kappa shape index (κ3) is 3.74. The van der Waals surface area contributed by atoms with Gasteiger partial charge in [0.25, 0.3) is 5.91 Å². The molecule has 7 nitrogen and oxygen atoms in total. The lowest BCUT2D eigenvalue weighted by Gasteiger charge is -2.07. The largest absolute Gasteiger partial charge is 0.384 e. The Bertz CT molecular complexity index is 1190. The molecule has 0 bridgehead atoms. The number of carbonyl (C=O) groups excluding carboxylic acids is 1. The van der Waals surface area contributed by atoms with Crippen LogP contribution in [0.4, 0.5) is 5.82 Å².